The molecule has 2 aromatic rings. The van der Waals surface area contributed by atoms with E-state index in [9.17, 15) is 13.2 Å². The van der Waals surface area contributed by atoms with Gasteiger partial charge in [0.25, 0.3) is 0 Å². The lowest BCUT2D eigenvalue weighted by Gasteiger charge is -2.32. The molecular formula is C24H29N3O3S. The highest BCUT2D eigenvalue weighted by Gasteiger charge is 2.33. The zero-order valence-corrected chi connectivity index (χ0v) is 18.8. The first-order chi connectivity index (χ1) is 14.8. The number of hydrogen-bond acceptors (Lipinski definition) is 4. The highest BCUT2D eigenvalue weighted by Crippen LogP contribution is 2.26. The van der Waals surface area contributed by atoms with Crippen LogP contribution in [0.3, 0.4) is 0 Å². The first-order valence-electron chi connectivity index (χ1n) is 10.7. The molecule has 1 aliphatic rings. The summed E-state index contributed by atoms with van der Waals surface area (Å²) in [5.74, 6) is 0.223. The summed E-state index contributed by atoms with van der Waals surface area (Å²) in [4.78, 5) is 13.1. The fourth-order valence-electron chi connectivity index (χ4n) is 3.93. The molecule has 0 spiro atoms. The lowest BCUT2D eigenvalue weighted by atomic mass is 9.93. The predicted molar refractivity (Wildman–Crippen MR) is 119 cm³/mol. The van der Waals surface area contributed by atoms with E-state index >= 15 is 0 Å². The van der Waals surface area contributed by atoms with E-state index < -0.39 is 10.0 Å². The van der Waals surface area contributed by atoms with Crippen molar-refractivity contribution >= 4 is 15.9 Å². The highest BCUT2D eigenvalue weighted by molar-refractivity contribution is 7.89. The van der Waals surface area contributed by atoms with E-state index in [4.69, 9.17) is 5.26 Å². The van der Waals surface area contributed by atoms with Crippen molar-refractivity contribution in [2.75, 3.05) is 13.1 Å². The standard InChI is InChI=1S/C24H29N3O3S/c1-18(2)16-23(20-6-4-3-5-7-20)26-24(28)21-12-14-27(15-13-21)31(29,30)22-10-8-19(17-25)9-11-22/h3-11,18,21,23H,12-16H2,1-2H3,(H,26,28)/t23-/m1/s1. The second kappa shape index (κ2) is 10.1. The molecule has 0 aromatic heterocycles. The number of hydrogen-bond donors (Lipinski definition) is 1. The second-order valence-electron chi connectivity index (χ2n) is 8.42. The van der Waals surface area contributed by atoms with Gasteiger partial charge in [-0.3, -0.25) is 4.79 Å². The van der Waals surface area contributed by atoms with E-state index in [0.29, 0.717) is 37.4 Å². The van der Waals surface area contributed by atoms with E-state index in [1.165, 1.54) is 28.6 Å². The third-order valence-electron chi connectivity index (χ3n) is 5.67. The van der Waals surface area contributed by atoms with Gasteiger partial charge in [-0.25, -0.2) is 8.42 Å². The van der Waals surface area contributed by atoms with Crippen LogP contribution in [-0.4, -0.2) is 31.7 Å². The Balaban J connectivity index is 1.62. The molecule has 0 bridgehead atoms. The van der Waals surface area contributed by atoms with Gasteiger partial charge in [-0.1, -0.05) is 44.2 Å². The molecule has 2 aromatic carbocycles. The summed E-state index contributed by atoms with van der Waals surface area (Å²) in [5.41, 5.74) is 1.51. The molecule has 31 heavy (non-hydrogen) atoms. The van der Waals surface area contributed by atoms with Gasteiger partial charge in [-0.15, -0.1) is 0 Å². The number of piperidine rings is 1. The zero-order chi connectivity index (χ0) is 22.4. The van der Waals surface area contributed by atoms with Crippen molar-refractivity contribution in [1.29, 1.82) is 5.26 Å². The summed E-state index contributed by atoms with van der Waals surface area (Å²) in [6.45, 7) is 4.88. The molecule has 1 N–H and O–H groups in total. The summed E-state index contributed by atoms with van der Waals surface area (Å²) in [7, 11) is -3.63. The summed E-state index contributed by atoms with van der Waals surface area (Å²) < 4.78 is 27.2. The van der Waals surface area contributed by atoms with Crippen molar-refractivity contribution in [3.05, 3.63) is 65.7 Å². The van der Waals surface area contributed by atoms with Gasteiger partial charge in [-0.2, -0.15) is 9.57 Å². The number of nitrogens with zero attached hydrogens (tertiary/aromatic N) is 2. The quantitative estimate of drug-likeness (QED) is 0.709. The number of rotatable bonds is 7. The maximum absolute atomic E-state index is 13.0. The Morgan fingerprint density at radius 1 is 1.10 bits per heavy atom. The van der Waals surface area contributed by atoms with Crippen LogP contribution >= 0.6 is 0 Å². The van der Waals surface area contributed by atoms with Gasteiger partial charge in [0.05, 0.1) is 22.6 Å². The van der Waals surface area contributed by atoms with Crippen LogP contribution in [0.1, 0.15) is 50.3 Å². The van der Waals surface area contributed by atoms with Gasteiger partial charge < -0.3 is 5.32 Å². The van der Waals surface area contributed by atoms with Gasteiger partial charge in [0, 0.05) is 19.0 Å². The number of benzene rings is 2. The topological polar surface area (TPSA) is 90.3 Å². The Kier molecular flexibility index (Phi) is 7.47. The van der Waals surface area contributed by atoms with Crippen LogP contribution in [0, 0.1) is 23.2 Å². The van der Waals surface area contributed by atoms with Crippen LogP contribution in [0.2, 0.25) is 0 Å². The van der Waals surface area contributed by atoms with E-state index in [1.807, 2.05) is 36.4 Å². The van der Waals surface area contributed by atoms with Crippen molar-refractivity contribution < 1.29 is 13.2 Å². The molecule has 0 radical (unpaired) electrons. The van der Waals surface area contributed by atoms with Gasteiger partial charge in [-0.05, 0) is 55.0 Å². The minimum absolute atomic E-state index is 0.00933. The van der Waals surface area contributed by atoms with E-state index in [2.05, 4.69) is 19.2 Å². The monoisotopic (exact) mass is 439 g/mol. The molecule has 164 valence electrons. The van der Waals surface area contributed by atoms with Crippen molar-refractivity contribution in [1.82, 2.24) is 9.62 Å². The SMILES string of the molecule is CC(C)C[C@@H](NC(=O)C1CCN(S(=O)(=O)c2ccc(C#N)cc2)CC1)c1ccccc1. The lowest BCUT2D eigenvalue weighted by Crippen LogP contribution is -2.43. The second-order valence-corrected chi connectivity index (χ2v) is 10.4. The Labute approximate surface area is 184 Å². The lowest BCUT2D eigenvalue weighted by molar-refractivity contribution is -0.127. The number of carbonyl (C=O) groups is 1. The first-order valence-corrected chi connectivity index (χ1v) is 12.1. The van der Waals surface area contributed by atoms with Crippen LogP contribution in [0.5, 0.6) is 0 Å². The first kappa shape index (κ1) is 23.0. The van der Waals surface area contributed by atoms with Gasteiger partial charge in [0.15, 0.2) is 0 Å². The number of sulfonamides is 1. The van der Waals surface area contributed by atoms with Gasteiger partial charge >= 0.3 is 0 Å². The molecule has 7 heteroatoms. The van der Waals surface area contributed by atoms with Crippen LogP contribution in [-0.2, 0) is 14.8 Å². The van der Waals surface area contributed by atoms with Crippen LogP contribution in [0.4, 0.5) is 0 Å². The number of nitrogens with one attached hydrogen (secondary N) is 1. The molecule has 0 aliphatic carbocycles. The fraction of sp³-hybridized carbons (Fsp3) is 0.417. The maximum Gasteiger partial charge on any atom is 0.243 e. The third-order valence-corrected chi connectivity index (χ3v) is 7.58. The molecule has 1 saturated heterocycles. The minimum Gasteiger partial charge on any atom is -0.349 e. The molecule has 6 nitrogen and oxygen atoms in total. The molecule has 0 unspecified atom stereocenters. The summed E-state index contributed by atoms with van der Waals surface area (Å²) in [6, 6.07) is 17.8. The molecule has 1 heterocycles. The Morgan fingerprint density at radius 3 is 2.26 bits per heavy atom. The summed E-state index contributed by atoms with van der Waals surface area (Å²) >= 11 is 0. The normalized spacial score (nSPS) is 16.6. The number of nitriles is 1. The average Bonchev–Trinajstić information content (AvgIpc) is 2.79. The van der Waals surface area contributed by atoms with Gasteiger partial charge in [0.2, 0.25) is 15.9 Å². The Bertz CT molecular complexity index is 1020. The molecule has 1 fully saturated rings. The largest absolute Gasteiger partial charge is 0.349 e. The molecule has 1 atom stereocenters. The molecule has 3 rings (SSSR count). The fourth-order valence-corrected chi connectivity index (χ4v) is 5.40. The highest BCUT2D eigenvalue weighted by atomic mass is 32.2. The minimum atomic E-state index is -3.63. The summed E-state index contributed by atoms with van der Waals surface area (Å²) in [6.07, 6.45) is 1.83. The van der Waals surface area contributed by atoms with E-state index in [1.54, 1.807) is 0 Å². The summed E-state index contributed by atoms with van der Waals surface area (Å²) in [5, 5.41) is 12.1. The van der Waals surface area contributed by atoms with Crippen molar-refractivity contribution in [2.45, 2.75) is 44.0 Å². The number of amides is 1. The third kappa shape index (κ3) is 5.72. The van der Waals surface area contributed by atoms with Gasteiger partial charge in [0.1, 0.15) is 0 Å². The molecule has 0 saturated carbocycles. The molecule has 1 amide bonds. The van der Waals surface area contributed by atoms with Crippen LogP contribution in [0.25, 0.3) is 0 Å². The van der Waals surface area contributed by atoms with Crippen LogP contribution in [0.15, 0.2) is 59.5 Å². The molecule has 1 aliphatic heterocycles. The van der Waals surface area contributed by atoms with E-state index in [0.717, 1.165) is 12.0 Å². The Morgan fingerprint density at radius 2 is 1.71 bits per heavy atom. The smallest absolute Gasteiger partial charge is 0.243 e. The van der Waals surface area contributed by atoms with E-state index in [-0.39, 0.29) is 22.8 Å². The maximum atomic E-state index is 13.0. The van der Waals surface area contributed by atoms with Crippen molar-refractivity contribution in [3.63, 3.8) is 0 Å². The zero-order valence-electron chi connectivity index (χ0n) is 18.0. The average molecular weight is 440 g/mol. The van der Waals surface area contributed by atoms with Crippen molar-refractivity contribution in [3.8, 4) is 6.07 Å². The van der Waals surface area contributed by atoms with Crippen LogP contribution < -0.4 is 5.32 Å². The molecular weight excluding hydrogens is 410 g/mol. The Hall–Kier alpha value is -2.69. The van der Waals surface area contributed by atoms with Crippen molar-refractivity contribution in [2.24, 2.45) is 11.8 Å². The number of carbonyl (C=O) groups excluding carboxylic acids is 1. The predicted octanol–water partition coefficient (Wildman–Crippen LogP) is 3.86.